The SMILES string of the molecule is Cc1ccc(NC(=O)Nc2ccccc2C)nc1. The van der Waals surface area contributed by atoms with Crippen LogP contribution in [-0.4, -0.2) is 11.0 Å². The molecule has 0 aliphatic heterocycles. The molecule has 0 aliphatic carbocycles. The molecule has 18 heavy (non-hydrogen) atoms. The molecule has 92 valence electrons. The zero-order chi connectivity index (χ0) is 13.0. The molecule has 1 heterocycles. The molecule has 2 rings (SSSR count). The van der Waals surface area contributed by atoms with Crippen LogP contribution in [0.1, 0.15) is 11.1 Å². The zero-order valence-electron chi connectivity index (χ0n) is 10.4. The molecule has 0 spiro atoms. The Balaban J connectivity index is 2.01. The number of carbonyl (C=O) groups is 1. The predicted octanol–water partition coefficient (Wildman–Crippen LogP) is 3.34. The highest BCUT2D eigenvalue weighted by atomic mass is 16.2. The molecule has 0 bridgehead atoms. The van der Waals surface area contributed by atoms with Crippen molar-refractivity contribution in [2.24, 2.45) is 0 Å². The summed E-state index contributed by atoms with van der Waals surface area (Å²) in [6, 6.07) is 11.0. The maximum atomic E-state index is 11.8. The zero-order valence-corrected chi connectivity index (χ0v) is 10.4. The van der Waals surface area contributed by atoms with Gasteiger partial charge in [-0.2, -0.15) is 0 Å². The minimum atomic E-state index is -0.291. The second-order valence-corrected chi connectivity index (χ2v) is 4.11. The number of carbonyl (C=O) groups excluding carboxylic acids is 1. The normalized spacial score (nSPS) is 9.89. The summed E-state index contributed by atoms with van der Waals surface area (Å²) in [5, 5.41) is 5.47. The van der Waals surface area contributed by atoms with Gasteiger partial charge in [0.2, 0.25) is 0 Å². The molecule has 1 aromatic carbocycles. The lowest BCUT2D eigenvalue weighted by Crippen LogP contribution is -2.20. The Kier molecular flexibility index (Phi) is 3.57. The van der Waals surface area contributed by atoms with Gasteiger partial charge in [-0.05, 0) is 37.1 Å². The molecule has 4 heteroatoms. The fourth-order valence-electron chi connectivity index (χ4n) is 1.52. The Morgan fingerprint density at radius 3 is 2.50 bits per heavy atom. The fraction of sp³-hybridized carbons (Fsp3) is 0.143. The molecular formula is C14H15N3O. The highest BCUT2D eigenvalue weighted by molar-refractivity contribution is 5.99. The van der Waals surface area contributed by atoms with Crippen molar-refractivity contribution in [3.8, 4) is 0 Å². The van der Waals surface area contributed by atoms with Crippen molar-refractivity contribution < 1.29 is 4.79 Å². The van der Waals surface area contributed by atoms with Gasteiger partial charge in [-0.1, -0.05) is 24.3 Å². The van der Waals surface area contributed by atoms with E-state index in [1.165, 1.54) is 0 Å². The number of anilines is 2. The van der Waals surface area contributed by atoms with E-state index >= 15 is 0 Å². The first kappa shape index (κ1) is 12.1. The average molecular weight is 241 g/mol. The number of pyridine rings is 1. The third-order valence-electron chi connectivity index (χ3n) is 2.55. The summed E-state index contributed by atoms with van der Waals surface area (Å²) >= 11 is 0. The Bertz CT molecular complexity index is 549. The number of aryl methyl sites for hydroxylation is 2. The predicted molar refractivity (Wildman–Crippen MR) is 72.8 cm³/mol. The van der Waals surface area contributed by atoms with E-state index < -0.39 is 0 Å². The van der Waals surface area contributed by atoms with Gasteiger partial charge < -0.3 is 5.32 Å². The summed E-state index contributed by atoms with van der Waals surface area (Å²) < 4.78 is 0. The standard InChI is InChI=1S/C14H15N3O/c1-10-7-8-13(15-9-10)17-14(18)16-12-6-4-3-5-11(12)2/h3-9H,1-2H3,(H2,15,16,17,18). The first-order chi connectivity index (χ1) is 8.65. The molecule has 4 nitrogen and oxygen atoms in total. The van der Waals surface area contributed by atoms with E-state index in [2.05, 4.69) is 15.6 Å². The third-order valence-corrected chi connectivity index (χ3v) is 2.55. The number of amides is 2. The van der Waals surface area contributed by atoms with E-state index in [0.717, 1.165) is 16.8 Å². The Morgan fingerprint density at radius 1 is 1.06 bits per heavy atom. The molecule has 0 radical (unpaired) electrons. The molecule has 2 aromatic rings. The molecule has 2 N–H and O–H groups in total. The van der Waals surface area contributed by atoms with Crippen LogP contribution < -0.4 is 10.6 Å². The molecular weight excluding hydrogens is 226 g/mol. The molecule has 1 aromatic heterocycles. The van der Waals surface area contributed by atoms with Gasteiger partial charge in [0.1, 0.15) is 5.82 Å². The molecule has 0 saturated carbocycles. The maximum absolute atomic E-state index is 11.8. The molecule has 0 unspecified atom stereocenters. The van der Waals surface area contributed by atoms with Crippen molar-refractivity contribution in [2.75, 3.05) is 10.6 Å². The van der Waals surface area contributed by atoms with Gasteiger partial charge in [-0.25, -0.2) is 9.78 Å². The summed E-state index contributed by atoms with van der Waals surface area (Å²) in [5.41, 5.74) is 2.87. The lowest BCUT2D eigenvalue weighted by atomic mass is 10.2. The van der Waals surface area contributed by atoms with E-state index in [1.54, 1.807) is 12.3 Å². The van der Waals surface area contributed by atoms with Crippen molar-refractivity contribution in [3.63, 3.8) is 0 Å². The average Bonchev–Trinajstić information content (AvgIpc) is 2.35. The van der Waals surface area contributed by atoms with Crippen LogP contribution in [0.2, 0.25) is 0 Å². The smallest absolute Gasteiger partial charge is 0.307 e. The number of rotatable bonds is 2. The van der Waals surface area contributed by atoms with Gasteiger partial charge >= 0.3 is 6.03 Å². The van der Waals surface area contributed by atoms with Crippen molar-refractivity contribution in [2.45, 2.75) is 13.8 Å². The summed E-state index contributed by atoms with van der Waals surface area (Å²) in [6.07, 6.45) is 1.71. The van der Waals surface area contributed by atoms with Gasteiger partial charge in [0.15, 0.2) is 0 Å². The summed E-state index contributed by atoms with van der Waals surface area (Å²) in [4.78, 5) is 15.9. The minimum absolute atomic E-state index is 0.291. The second kappa shape index (κ2) is 5.31. The van der Waals surface area contributed by atoms with Gasteiger partial charge in [0, 0.05) is 11.9 Å². The molecule has 2 amide bonds. The fourth-order valence-corrected chi connectivity index (χ4v) is 1.52. The Labute approximate surface area is 106 Å². The van der Waals surface area contributed by atoms with Gasteiger partial charge in [0.25, 0.3) is 0 Å². The summed E-state index contributed by atoms with van der Waals surface area (Å²) in [6.45, 7) is 3.89. The third kappa shape index (κ3) is 3.07. The second-order valence-electron chi connectivity index (χ2n) is 4.11. The quantitative estimate of drug-likeness (QED) is 0.847. The molecule has 0 aliphatic rings. The maximum Gasteiger partial charge on any atom is 0.324 e. The number of hydrogen-bond donors (Lipinski definition) is 2. The van der Waals surface area contributed by atoms with E-state index in [9.17, 15) is 4.79 Å². The highest BCUT2D eigenvalue weighted by Gasteiger charge is 2.04. The first-order valence-electron chi connectivity index (χ1n) is 5.71. The van der Waals surface area contributed by atoms with Crippen LogP contribution >= 0.6 is 0 Å². The first-order valence-corrected chi connectivity index (χ1v) is 5.71. The molecule has 0 fully saturated rings. The lowest BCUT2D eigenvalue weighted by molar-refractivity contribution is 0.262. The molecule has 0 atom stereocenters. The van der Waals surface area contributed by atoms with Crippen molar-refractivity contribution >= 4 is 17.5 Å². The van der Waals surface area contributed by atoms with Crippen molar-refractivity contribution in [3.05, 3.63) is 53.7 Å². The van der Waals surface area contributed by atoms with E-state index in [4.69, 9.17) is 0 Å². The number of nitrogens with zero attached hydrogens (tertiary/aromatic N) is 1. The van der Waals surface area contributed by atoms with E-state index in [0.29, 0.717) is 5.82 Å². The van der Waals surface area contributed by atoms with Crippen LogP contribution in [-0.2, 0) is 0 Å². The number of urea groups is 1. The van der Waals surface area contributed by atoms with Crippen LogP contribution in [0.25, 0.3) is 0 Å². The number of para-hydroxylation sites is 1. The number of hydrogen-bond acceptors (Lipinski definition) is 2. The summed E-state index contributed by atoms with van der Waals surface area (Å²) in [7, 11) is 0. The Morgan fingerprint density at radius 2 is 1.83 bits per heavy atom. The highest BCUT2D eigenvalue weighted by Crippen LogP contribution is 2.13. The molecule has 0 saturated heterocycles. The Hall–Kier alpha value is -2.36. The largest absolute Gasteiger partial charge is 0.324 e. The van der Waals surface area contributed by atoms with E-state index in [-0.39, 0.29) is 6.03 Å². The number of nitrogens with one attached hydrogen (secondary N) is 2. The minimum Gasteiger partial charge on any atom is -0.307 e. The topological polar surface area (TPSA) is 54.0 Å². The van der Waals surface area contributed by atoms with Crippen LogP contribution in [0.3, 0.4) is 0 Å². The van der Waals surface area contributed by atoms with Crippen LogP contribution in [0.5, 0.6) is 0 Å². The van der Waals surface area contributed by atoms with Gasteiger partial charge in [-0.3, -0.25) is 5.32 Å². The lowest BCUT2D eigenvalue weighted by Gasteiger charge is -2.09. The van der Waals surface area contributed by atoms with Crippen LogP contribution in [0, 0.1) is 13.8 Å². The van der Waals surface area contributed by atoms with Crippen LogP contribution in [0.15, 0.2) is 42.6 Å². The van der Waals surface area contributed by atoms with Crippen molar-refractivity contribution in [1.82, 2.24) is 4.98 Å². The summed E-state index contributed by atoms with van der Waals surface area (Å²) in [5.74, 6) is 0.534. The van der Waals surface area contributed by atoms with Gasteiger partial charge in [0.05, 0.1) is 0 Å². The monoisotopic (exact) mass is 241 g/mol. The number of benzene rings is 1. The van der Waals surface area contributed by atoms with E-state index in [1.807, 2.05) is 44.2 Å². The van der Waals surface area contributed by atoms with Crippen LogP contribution in [0.4, 0.5) is 16.3 Å². The number of aromatic nitrogens is 1. The van der Waals surface area contributed by atoms with Gasteiger partial charge in [-0.15, -0.1) is 0 Å². The van der Waals surface area contributed by atoms with Crippen molar-refractivity contribution in [1.29, 1.82) is 0 Å².